The maximum Gasteiger partial charge on any atom is 0.243 e. The highest BCUT2D eigenvalue weighted by Gasteiger charge is 2.39. The molecule has 1 saturated carbocycles. The Balaban J connectivity index is 1.80. The zero-order valence-corrected chi connectivity index (χ0v) is 19.2. The Bertz CT molecular complexity index is 1110. The first-order chi connectivity index (χ1) is 14.7. The van der Waals surface area contributed by atoms with Crippen LogP contribution < -0.4 is 5.32 Å². The van der Waals surface area contributed by atoms with Crippen molar-refractivity contribution >= 4 is 31.6 Å². The number of nitrogens with zero attached hydrogens (tertiary/aromatic N) is 2. The number of carbonyl (C=O) groups is 1. The number of sulfonamides is 2. The van der Waals surface area contributed by atoms with Gasteiger partial charge in [-0.3, -0.25) is 4.79 Å². The summed E-state index contributed by atoms with van der Waals surface area (Å²) in [6.07, 6.45) is 1.37. The fourth-order valence-electron chi connectivity index (χ4n) is 3.27. The van der Waals surface area contributed by atoms with Crippen LogP contribution in [0.4, 0.5) is 5.69 Å². The summed E-state index contributed by atoms with van der Waals surface area (Å²) in [5.41, 5.74) is 0.589. The molecule has 1 amide bonds. The van der Waals surface area contributed by atoms with Crippen LogP contribution in [0.5, 0.6) is 0 Å². The van der Waals surface area contributed by atoms with Gasteiger partial charge in [-0.2, -0.15) is 8.61 Å². The molecule has 10 heteroatoms. The fourth-order valence-corrected chi connectivity index (χ4v) is 6.37. The molecule has 1 aliphatic rings. The second-order valence-electron chi connectivity index (χ2n) is 7.26. The summed E-state index contributed by atoms with van der Waals surface area (Å²) in [6.45, 7) is 3.83. The molecule has 0 aromatic heterocycles. The third-order valence-electron chi connectivity index (χ3n) is 5.08. The van der Waals surface area contributed by atoms with Crippen molar-refractivity contribution in [2.24, 2.45) is 0 Å². The normalized spacial score (nSPS) is 14.7. The lowest BCUT2D eigenvalue weighted by Gasteiger charge is -2.22. The van der Waals surface area contributed by atoms with E-state index in [0.29, 0.717) is 31.6 Å². The molecule has 1 N–H and O–H groups in total. The molecule has 0 aliphatic heterocycles. The van der Waals surface area contributed by atoms with Crippen LogP contribution >= 0.6 is 0 Å². The van der Waals surface area contributed by atoms with Gasteiger partial charge in [-0.1, -0.05) is 32.0 Å². The molecule has 168 valence electrons. The standard InChI is InChI=1S/C21H27N3O5S2/c1-3-23(4-2)30(26,27)19-12-14-20(15-13-19)31(28,29)24(18-10-11-18)16-21(25)22-17-8-6-5-7-9-17/h5-9,12-15,18H,3-4,10-11,16H2,1-2H3,(H,22,25). The minimum absolute atomic E-state index is 0.0367. The van der Waals surface area contributed by atoms with E-state index in [1.165, 1.54) is 32.9 Å². The first-order valence-corrected chi connectivity index (χ1v) is 13.0. The van der Waals surface area contributed by atoms with Crippen LogP contribution in [-0.4, -0.2) is 57.0 Å². The average molecular weight is 466 g/mol. The highest BCUT2D eigenvalue weighted by molar-refractivity contribution is 7.89. The van der Waals surface area contributed by atoms with Crippen molar-refractivity contribution in [3.05, 3.63) is 54.6 Å². The Morgan fingerprint density at radius 1 is 0.871 bits per heavy atom. The van der Waals surface area contributed by atoms with Crippen molar-refractivity contribution in [3.8, 4) is 0 Å². The molecule has 0 atom stereocenters. The van der Waals surface area contributed by atoms with Gasteiger partial charge < -0.3 is 5.32 Å². The van der Waals surface area contributed by atoms with Gasteiger partial charge in [0.2, 0.25) is 26.0 Å². The van der Waals surface area contributed by atoms with Gasteiger partial charge in [0, 0.05) is 24.8 Å². The zero-order valence-electron chi connectivity index (χ0n) is 17.6. The lowest BCUT2D eigenvalue weighted by Crippen LogP contribution is -2.39. The Labute approximate surface area is 184 Å². The summed E-state index contributed by atoms with van der Waals surface area (Å²) >= 11 is 0. The zero-order chi connectivity index (χ0) is 22.6. The van der Waals surface area contributed by atoms with E-state index in [0.717, 1.165) is 0 Å². The molecule has 0 unspecified atom stereocenters. The van der Waals surface area contributed by atoms with E-state index in [4.69, 9.17) is 0 Å². The molecule has 0 spiro atoms. The molecule has 1 aliphatic carbocycles. The minimum Gasteiger partial charge on any atom is -0.325 e. The molecular formula is C21H27N3O5S2. The Morgan fingerprint density at radius 2 is 1.39 bits per heavy atom. The van der Waals surface area contributed by atoms with Gasteiger partial charge in [0.15, 0.2) is 0 Å². The molecule has 2 aromatic rings. The van der Waals surface area contributed by atoms with Crippen LogP contribution in [0.25, 0.3) is 0 Å². The predicted octanol–water partition coefficient (Wildman–Crippen LogP) is 2.51. The van der Waals surface area contributed by atoms with Gasteiger partial charge >= 0.3 is 0 Å². The molecule has 31 heavy (non-hydrogen) atoms. The Morgan fingerprint density at radius 3 is 1.87 bits per heavy atom. The van der Waals surface area contributed by atoms with Crippen LogP contribution in [0.2, 0.25) is 0 Å². The molecular weight excluding hydrogens is 438 g/mol. The van der Waals surface area contributed by atoms with Crippen molar-refractivity contribution in [1.82, 2.24) is 8.61 Å². The van der Waals surface area contributed by atoms with Crippen LogP contribution in [0.3, 0.4) is 0 Å². The number of amides is 1. The number of para-hydroxylation sites is 1. The third kappa shape index (κ3) is 5.32. The van der Waals surface area contributed by atoms with Gasteiger partial charge in [0.25, 0.3) is 0 Å². The van der Waals surface area contributed by atoms with Crippen LogP contribution in [0.15, 0.2) is 64.4 Å². The largest absolute Gasteiger partial charge is 0.325 e. The van der Waals surface area contributed by atoms with Crippen molar-refractivity contribution < 1.29 is 21.6 Å². The monoisotopic (exact) mass is 465 g/mol. The maximum absolute atomic E-state index is 13.2. The van der Waals surface area contributed by atoms with Crippen molar-refractivity contribution in [3.63, 3.8) is 0 Å². The molecule has 1 fully saturated rings. The lowest BCUT2D eigenvalue weighted by atomic mass is 10.3. The van der Waals surface area contributed by atoms with Gasteiger partial charge in [0.05, 0.1) is 16.3 Å². The van der Waals surface area contributed by atoms with Crippen molar-refractivity contribution in [1.29, 1.82) is 0 Å². The summed E-state index contributed by atoms with van der Waals surface area (Å²) in [5, 5.41) is 2.70. The van der Waals surface area contributed by atoms with Gasteiger partial charge in [-0.15, -0.1) is 0 Å². The van der Waals surface area contributed by atoms with Gasteiger partial charge in [-0.05, 0) is 49.2 Å². The van der Waals surface area contributed by atoms with Crippen molar-refractivity contribution in [2.45, 2.75) is 42.5 Å². The smallest absolute Gasteiger partial charge is 0.243 e. The fraction of sp³-hybridized carbons (Fsp3) is 0.381. The number of carbonyl (C=O) groups excluding carboxylic acids is 1. The summed E-state index contributed by atoms with van der Waals surface area (Å²) in [4.78, 5) is 12.5. The highest BCUT2D eigenvalue weighted by atomic mass is 32.2. The topological polar surface area (TPSA) is 104 Å². The molecule has 0 heterocycles. The number of nitrogens with one attached hydrogen (secondary N) is 1. The molecule has 0 radical (unpaired) electrons. The predicted molar refractivity (Wildman–Crippen MR) is 119 cm³/mol. The second kappa shape index (κ2) is 9.47. The van der Waals surface area contributed by atoms with E-state index in [2.05, 4.69) is 5.32 Å². The van der Waals surface area contributed by atoms with E-state index >= 15 is 0 Å². The lowest BCUT2D eigenvalue weighted by molar-refractivity contribution is -0.116. The number of hydrogen-bond donors (Lipinski definition) is 1. The second-order valence-corrected chi connectivity index (χ2v) is 11.1. The summed E-state index contributed by atoms with van der Waals surface area (Å²) in [6, 6.07) is 13.8. The number of benzene rings is 2. The highest BCUT2D eigenvalue weighted by Crippen LogP contribution is 2.32. The summed E-state index contributed by atoms with van der Waals surface area (Å²) in [7, 11) is -7.64. The minimum atomic E-state index is -3.95. The third-order valence-corrected chi connectivity index (χ3v) is 9.06. The number of anilines is 1. The Kier molecular flexibility index (Phi) is 7.15. The van der Waals surface area contributed by atoms with E-state index in [-0.39, 0.29) is 22.4 Å². The van der Waals surface area contributed by atoms with Gasteiger partial charge in [0.1, 0.15) is 0 Å². The van der Waals surface area contributed by atoms with Gasteiger partial charge in [-0.25, -0.2) is 16.8 Å². The van der Waals surface area contributed by atoms with Crippen LogP contribution in [0.1, 0.15) is 26.7 Å². The van der Waals surface area contributed by atoms with E-state index in [9.17, 15) is 21.6 Å². The molecule has 0 saturated heterocycles. The quantitative estimate of drug-likeness (QED) is 0.581. The van der Waals surface area contributed by atoms with E-state index in [1.807, 2.05) is 6.07 Å². The molecule has 8 nitrogen and oxygen atoms in total. The molecule has 3 rings (SSSR count). The first-order valence-electron chi connectivity index (χ1n) is 10.2. The SMILES string of the molecule is CCN(CC)S(=O)(=O)c1ccc(S(=O)(=O)N(CC(=O)Nc2ccccc2)C2CC2)cc1. The summed E-state index contributed by atoms with van der Waals surface area (Å²) in [5.74, 6) is -0.428. The summed E-state index contributed by atoms with van der Waals surface area (Å²) < 4.78 is 54.2. The number of rotatable bonds is 10. The molecule has 2 aromatic carbocycles. The van der Waals surface area contributed by atoms with Crippen LogP contribution in [0, 0.1) is 0 Å². The number of hydrogen-bond acceptors (Lipinski definition) is 5. The van der Waals surface area contributed by atoms with E-state index < -0.39 is 26.0 Å². The first kappa shape index (κ1) is 23.4. The van der Waals surface area contributed by atoms with Crippen LogP contribution in [-0.2, 0) is 24.8 Å². The average Bonchev–Trinajstić information content (AvgIpc) is 3.58. The maximum atomic E-state index is 13.2. The van der Waals surface area contributed by atoms with E-state index in [1.54, 1.807) is 38.1 Å². The Hall–Kier alpha value is -2.27. The molecule has 0 bridgehead atoms. The van der Waals surface area contributed by atoms with Crippen molar-refractivity contribution in [2.75, 3.05) is 25.0 Å².